The third-order valence-corrected chi connectivity index (χ3v) is 2.17. The lowest BCUT2D eigenvalue weighted by atomic mass is 10.1. The van der Waals surface area contributed by atoms with Crippen LogP contribution in [-0.2, 0) is 11.3 Å². The fourth-order valence-electron chi connectivity index (χ4n) is 1.21. The van der Waals surface area contributed by atoms with Crippen LogP contribution in [0.1, 0.15) is 15.9 Å². The molecule has 0 unspecified atom stereocenters. The van der Waals surface area contributed by atoms with Crippen molar-refractivity contribution in [2.24, 2.45) is 0 Å². The molecule has 0 heterocycles. The number of hydrogen-bond donors (Lipinski definition) is 0. The lowest BCUT2D eigenvalue weighted by Crippen LogP contribution is -2.11. The van der Waals surface area contributed by atoms with Crippen LogP contribution in [0.4, 0.5) is 0 Å². The van der Waals surface area contributed by atoms with Crippen molar-refractivity contribution in [3.63, 3.8) is 0 Å². The second-order valence-corrected chi connectivity index (χ2v) is 3.77. The normalized spacial score (nSPS) is 9.81. The van der Waals surface area contributed by atoms with Crippen molar-refractivity contribution in [2.75, 3.05) is 11.9 Å². The molecule has 1 aromatic rings. The van der Waals surface area contributed by atoms with E-state index in [1.54, 1.807) is 18.2 Å². The largest absolute Gasteiger partial charge is 0.461 e. The van der Waals surface area contributed by atoms with E-state index in [-0.39, 0.29) is 18.7 Å². The molecule has 6 heteroatoms. The third kappa shape index (κ3) is 3.62. The van der Waals surface area contributed by atoms with Crippen LogP contribution in [0.25, 0.3) is 0 Å². The predicted molar refractivity (Wildman–Crippen MR) is 61.2 cm³/mol. The number of halogens is 1. The van der Waals surface area contributed by atoms with E-state index >= 15 is 0 Å². The summed E-state index contributed by atoms with van der Waals surface area (Å²) in [6.45, 7) is -0.134. The molecule has 0 N–H and O–H groups in total. The Morgan fingerprint density at radius 1 is 1.44 bits per heavy atom. The summed E-state index contributed by atoms with van der Waals surface area (Å²) in [6, 6.07) is 6.37. The van der Waals surface area contributed by atoms with Crippen LogP contribution in [0.2, 0.25) is 0 Å². The molecular weight excluding hydrogens is 278 g/mol. The molecule has 1 aromatic carbocycles. The number of ether oxygens (including phenoxy) is 1. The van der Waals surface area contributed by atoms with Gasteiger partial charge in [0.2, 0.25) is 6.54 Å². The first kappa shape index (κ1) is 12.6. The zero-order valence-electron chi connectivity index (χ0n) is 8.39. The molecule has 0 radical (unpaired) electrons. The molecule has 5 nitrogen and oxygen atoms in total. The quantitative estimate of drug-likeness (QED) is 0.360. The molecule has 1 rings (SSSR count). The molecule has 0 aliphatic rings. The molecule has 0 fully saturated rings. The van der Waals surface area contributed by atoms with E-state index in [4.69, 9.17) is 4.74 Å². The number of benzene rings is 1. The van der Waals surface area contributed by atoms with E-state index < -0.39 is 10.9 Å². The molecule has 0 saturated carbocycles. The van der Waals surface area contributed by atoms with Gasteiger partial charge in [-0.15, -0.1) is 0 Å². The van der Waals surface area contributed by atoms with Crippen LogP contribution in [0.5, 0.6) is 0 Å². The van der Waals surface area contributed by atoms with Crippen molar-refractivity contribution in [2.45, 2.75) is 6.54 Å². The summed E-state index contributed by atoms with van der Waals surface area (Å²) in [5, 5.41) is 10.9. The highest BCUT2D eigenvalue weighted by Crippen LogP contribution is 2.11. The first-order valence-corrected chi connectivity index (χ1v) is 5.70. The molecule has 0 spiro atoms. The monoisotopic (exact) mass is 287 g/mol. The van der Waals surface area contributed by atoms with Crippen molar-refractivity contribution < 1.29 is 14.5 Å². The Balaban J connectivity index is 2.85. The number of hydrogen-bond acceptors (Lipinski definition) is 4. The van der Waals surface area contributed by atoms with Gasteiger partial charge in [-0.05, 0) is 6.07 Å². The molecule has 0 saturated heterocycles. The Labute approximate surface area is 101 Å². The van der Waals surface area contributed by atoms with Crippen LogP contribution in [0, 0.1) is 10.1 Å². The molecule has 86 valence electrons. The second kappa shape index (κ2) is 6.22. The number of carbonyl (C=O) groups excluding carboxylic acids is 1. The zero-order valence-corrected chi connectivity index (χ0v) is 9.97. The van der Waals surface area contributed by atoms with Crippen molar-refractivity contribution >= 4 is 21.9 Å². The minimum Gasteiger partial charge on any atom is -0.461 e. The van der Waals surface area contributed by atoms with Gasteiger partial charge in [-0.1, -0.05) is 34.1 Å². The van der Waals surface area contributed by atoms with Crippen LogP contribution in [0.3, 0.4) is 0 Å². The SMILES string of the molecule is O=C(OCCBr)c1ccccc1C[N+](=O)[O-]. The van der Waals surface area contributed by atoms with Gasteiger partial charge in [0.1, 0.15) is 6.61 Å². The average Bonchev–Trinajstić information content (AvgIpc) is 2.26. The maximum absolute atomic E-state index is 11.5. The maximum atomic E-state index is 11.5. The highest BCUT2D eigenvalue weighted by Gasteiger charge is 2.15. The van der Waals surface area contributed by atoms with Gasteiger partial charge >= 0.3 is 5.97 Å². The van der Waals surface area contributed by atoms with E-state index in [2.05, 4.69) is 15.9 Å². The third-order valence-electron chi connectivity index (χ3n) is 1.85. The first-order valence-electron chi connectivity index (χ1n) is 4.58. The molecular formula is C10H10BrNO4. The van der Waals surface area contributed by atoms with Crippen LogP contribution in [0.15, 0.2) is 24.3 Å². The van der Waals surface area contributed by atoms with Gasteiger partial charge in [-0.25, -0.2) is 4.79 Å². The van der Waals surface area contributed by atoms with E-state index in [0.29, 0.717) is 10.9 Å². The second-order valence-electron chi connectivity index (χ2n) is 2.97. The van der Waals surface area contributed by atoms with Gasteiger partial charge in [-0.2, -0.15) is 0 Å². The maximum Gasteiger partial charge on any atom is 0.338 e. The molecule has 0 aromatic heterocycles. The standard InChI is InChI=1S/C10H10BrNO4/c11-5-6-16-10(13)9-4-2-1-3-8(9)7-12(14)15/h1-4H,5-7H2. The van der Waals surface area contributed by atoms with Crippen LogP contribution < -0.4 is 0 Å². The summed E-state index contributed by atoms with van der Waals surface area (Å²) in [7, 11) is 0. The summed E-state index contributed by atoms with van der Waals surface area (Å²) in [4.78, 5) is 21.5. The van der Waals surface area contributed by atoms with Crippen molar-refractivity contribution in [3.8, 4) is 0 Å². The summed E-state index contributed by atoms with van der Waals surface area (Å²) in [5.74, 6) is -0.531. The van der Waals surface area contributed by atoms with Crippen molar-refractivity contribution in [1.82, 2.24) is 0 Å². The Hall–Kier alpha value is -1.43. The van der Waals surface area contributed by atoms with Crippen LogP contribution in [-0.4, -0.2) is 22.8 Å². The molecule has 0 atom stereocenters. The lowest BCUT2D eigenvalue weighted by molar-refractivity contribution is -0.496. The van der Waals surface area contributed by atoms with Gasteiger partial charge in [0.05, 0.1) is 5.56 Å². The molecule has 0 aliphatic carbocycles. The Bertz CT molecular complexity index is 394. The Morgan fingerprint density at radius 3 is 2.75 bits per heavy atom. The number of nitro groups is 1. The molecule has 0 amide bonds. The van der Waals surface area contributed by atoms with Gasteiger partial charge in [0.15, 0.2) is 0 Å². The fraction of sp³-hybridized carbons (Fsp3) is 0.300. The summed E-state index contributed by atoms with van der Waals surface area (Å²) < 4.78 is 4.89. The van der Waals surface area contributed by atoms with Gasteiger partial charge in [0.25, 0.3) is 0 Å². The van der Waals surface area contributed by atoms with E-state index in [1.807, 2.05) is 0 Å². The number of alkyl halides is 1. The minimum absolute atomic E-state index is 0.242. The average molecular weight is 288 g/mol. The smallest absolute Gasteiger partial charge is 0.338 e. The summed E-state index contributed by atoms with van der Waals surface area (Å²) >= 11 is 3.12. The minimum atomic E-state index is -0.531. The first-order chi connectivity index (χ1) is 7.65. The number of carbonyl (C=O) groups is 1. The van der Waals surface area contributed by atoms with Crippen LogP contribution >= 0.6 is 15.9 Å². The van der Waals surface area contributed by atoms with Gasteiger partial charge < -0.3 is 4.74 Å². The van der Waals surface area contributed by atoms with Crippen molar-refractivity contribution in [1.29, 1.82) is 0 Å². The van der Waals surface area contributed by atoms with E-state index in [9.17, 15) is 14.9 Å². The van der Waals surface area contributed by atoms with E-state index in [1.165, 1.54) is 6.07 Å². The molecule has 0 aliphatic heterocycles. The molecule has 0 bridgehead atoms. The van der Waals surface area contributed by atoms with Gasteiger partial charge in [-0.3, -0.25) is 10.1 Å². The van der Waals surface area contributed by atoms with Gasteiger partial charge in [0, 0.05) is 15.8 Å². The Kier molecular flexibility index (Phi) is 4.91. The zero-order chi connectivity index (χ0) is 12.0. The topological polar surface area (TPSA) is 69.4 Å². The molecule has 16 heavy (non-hydrogen) atoms. The lowest BCUT2D eigenvalue weighted by Gasteiger charge is -2.05. The number of rotatable bonds is 5. The van der Waals surface area contributed by atoms with Crippen molar-refractivity contribution in [3.05, 3.63) is 45.5 Å². The summed E-state index contributed by atoms with van der Waals surface area (Å²) in [6.07, 6.45) is 0. The number of esters is 1. The number of nitrogens with zero attached hydrogens (tertiary/aromatic N) is 1. The summed E-state index contributed by atoms with van der Waals surface area (Å²) in [5.41, 5.74) is 0.618. The van der Waals surface area contributed by atoms with E-state index in [0.717, 1.165) is 0 Å². The fourth-order valence-corrected chi connectivity index (χ4v) is 1.37. The highest BCUT2D eigenvalue weighted by atomic mass is 79.9. The Morgan fingerprint density at radius 2 is 2.12 bits per heavy atom. The highest BCUT2D eigenvalue weighted by molar-refractivity contribution is 9.09. The predicted octanol–water partition coefficient (Wildman–Crippen LogP) is 2.01.